The van der Waals surface area contributed by atoms with Gasteiger partial charge in [-0.1, -0.05) is 49.7 Å². The number of carbonyl (C=O) groups excluding carboxylic acids is 1. The first-order chi connectivity index (χ1) is 13.0. The van der Waals surface area contributed by atoms with Crippen molar-refractivity contribution in [3.8, 4) is 5.75 Å². The van der Waals surface area contributed by atoms with Crippen molar-refractivity contribution in [2.24, 2.45) is 0 Å². The van der Waals surface area contributed by atoms with Crippen LogP contribution in [0.25, 0.3) is 0 Å². The van der Waals surface area contributed by atoms with Gasteiger partial charge in [0.25, 0.3) is 0 Å². The number of hydrogen-bond donors (Lipinski definition) is 0. The maximum Gasteiger partial charge on any atom is 0.246 e. The number of amides is 1. The second-order valence-electron chi connectivity index (χ2n) is 7.62. The molecule has 2 fully saturated rings. The molecule has 0 radical (unpaired) electrons. The highest BCUT2D eigenvalue weighted by Gasteiger charge is 2.50. The number of benzene rings is 2. The number of fused-ring (bicyclic) bond motifs is 1. The molecule has 2 heterocycles. The Kier molecular flexibility index (Phi) is 4.87. The average Bonchev–Trinajstić information content (AvgIpc) is 3.24. The van der Waals surface area contributed by atoms with Gasteiger partial charge in [-0.2, -0.15) is 0 Å². The van der Waals surface area contributed by atoms with E-state index in [9.17, 15) is 4.79 Å². The Labute approximate surface area is 165 Å². The van der Waals surface area contributed by atoms with Gasteiger partial charge in [-0.05, 0) is 48.1 Å². The number of carbonyl (C=O) groups is 1. The third kappa shape index (κ3) is 3.11. The number of hydrogen-bond acceptors (Lipinski definition) is 3. The zero-order valence-electron chi connectivity index (χ0n) is 16.0. The molecule has 142 valence electrons. The van der Waals surface area contributed by atoms with E-state index in [-0.39, 0.29) is 18.1 Å². The van der Waals surface area contributed by atoms with Gasteiger partial charge in [0.05, 0.1) is 18.8 Å². The fourth-order valence-electron chi connectivity index (χ4n) is 4.27. The summed E-state index contributed by atoms with van der Waals surface area (Å²) < 4.78 is 5.55. The molecule has 1 amide bonds. The van der Waals surface area contributed by atoms with Crippen molar-refractivity contribution in [3.05, 3.63) is 58.6 Å². The van der Waals surface area contributed by atoms with Gasteiger partial charge < -0.3 is 4.74 Å². The van der Waals surface area contributed by atoms with E-state index in [1.165, 1.54) is 5.56 Å². The molecule has 5 heteroatoms. The number of anilines is 1. The second kappa shape index (κ2) is 7.17. The van der Waals surface area contributed by atoms with Crippen molar-refractivity contribution in [1.82, 2.24) is 4.90 Å². The van der Waals surface area contributed by atoms with Gasteiger partial charge in [-0.25, -0.2) is 0 Å². The van der Waals surface area contributed by atoms with Gasteiger partial charge in [0.15, 0.2) is 0 Å². The lowest BCUT2D eigenvalue weighted by atomic mass is 10.0. The molecule has 0 bridgehead atoms. The summed E-state index contributed by atoms with van der Waals surface area (Å²) in [5, 5.41) is 0.597. The summed E-state index contributed by atoms with van der Waals surface area (Å²) in [6.07, 6.45) is 1.83. The van der Waals surface area contributed by atoms with Crippen molar-refractivity contribution < 1.29 is 9.53 Å². The Morgan fingerprint density at radius 1 is 1.15 bits per heavy atom. The van der Waals surface area contributed by atoms with Crippen molar-refractivity contribution in [2.75, 3.05) is 18.6 Å². The summed E-state index contributed by atoms with van der Waals surface area (Å²) in [7, 11) is 1.63. The molecule has 0 saturated carbocycles. The third-order valence-corrected chi connectivity index (χ3v) is 5.91. The number of methoxy groups -OCH3 is 1. The monoisotopic (exact) mass is 384 g/mol. The first-order valence-corrected chi connectivity index (χ1v) is 9.91. The highest BCUT2D eigenvalue weighted by molar-refractivity contribution is 6.31. The van der Waals surface area contributed by atoms with Gasteiger partial charge in [-0.3, -0.25) is 14.6 Å². The molecule has 0 spiro atoms. The van der Waals surface area contributed by atoms with Crippen LogP contribution in [0.15, 0.2) is 42.5 Å². The molecule has 4 nitrogen and oxygen atoms in total. The van der Waals surface area contributed by atoms with Gasteiger partial charge >= 0.3 is 0 Å². The molecule has 2 aliphatic rings. The molecule has 2 aromatic rings. The van der Waals surface area contributed by atoms with E-state index < -0.39 is 0 Å². The standard InChI is InChI=1S/C22H25ClN2O2/c1-14(2)15-6-8-16(9-7-15)21-24-12-4-5-18(24)22(26)25(21)19-13-17(23)10-11-20(19)27-3/h6-11,13-14,18,21H,4-5,12H2,1-3H3/t18-,21+/m0/s1. The second-order valence-corrected chi connectivity index (χ2v) is 8.05. The van der Waals surface area contributed by atoms with Crippen molar-refractivity contribution in [3.63, 3.8) is 0 Å². The minimum atomic E-state index is -0.126. The molecule has 2 atom stereocenters. The molecule has 0 N–H and O–H groups in total. The third-order valence-electron chi connectivity index (χ3n) is 5.68. The quantitative estimate of drug-likeness (QED) is 0.745. The zero-order chi connectivity index (χ0) is 19.1. The molecule has 2 saturated heterocycles. The normalized spacial score (nSPS) is 22.6. The van der Waals surface area contributed by atoms with E-state index in [1.54, 1.807) is 13.2 Å². The number of halogens is 1. The minimum Gasteiger partial charge on any atom is -0.495 e. The maximum atomic E-state index is 13.3. The van der Waals surface area contributed by atoms with E-state index in [2.05, 4.69) is 43.0 Å². The Hall–Kier alpha value is -2.04. The molecule has 0 aromatic heterocycles. The largest absolute Gasteiger partial charge is 0.495 e. The van der Waals surface area contributed by atoms with Crippen LogP contribution in [-0.2, 0) is 4.79 Å². The van der Waals surface area contributed by atoms with Crippen LogP contribution in [0.3, 0.4) is 0 Å². The Morgan fingerprint density at radius 2 is 1.89 bits per heavy atom. The van der Waals surface area contributed by atoms with Crippen LogP contribution in [0.2, 0.25) is 5.02 Å². The molecule has 0 unspecified atom stereocenters. The summed E-state index contributed by atoms with van der Waals surface area (Å²) in [4.78, 5) is 17.5. The smallest absolute Gasteiger partial charge is 0.246 e. The molecule has 2 aliphatic heterocycles. The predicted molar refractivity (Wildman–Crippen MR) is 108 cm³/mol. The van der Waals surface area contributed by atoms with Gasteiger partial charge in [0.2, 0.25) is 5.91 Å². The van der Waals surface area contributed by atoms with Crippen LogP contribution in [0.4, 0.5) is 5.69 Å². The van der Waals surface area contributed by atoms with Gasteiger partial charge in [0.1, 0.15) is 11.9 Å². The van der Waals surface area contributed by atoms with E-state index in [4.69, 9.17) is 16.3 Å². The summed E-state index contributed by atoms with van der Waals surface area (Å²) in [5.41, 5.74) is 3.16. The van der Waals surface area contributed by atoms with Crippen LogP contribution in [-0.4, -0.2) is 30.5 Å². The molecule has 27 heavy (non-hydrogen) atoms. The number of rotatable bonds is 4. The molecular weight excluding hydrogens is 360 g/mol. The lowest BCUT2D eigenvalue weighted by Crippen LogP contribution is -2.32. The molecule has 2 aromatic carbocycles. The van der Waals surface area contributed by atoms with Crippen LogP contribution < -0.4 is 9.64 Å². The van der Waals surface area contributed by atoms with E-state index >= 15 is 0 Å². The number of ether oxygens (including phenoxy) is 1. The zero-order valence-corrected chi connectivity index (χ0v) is 16.7. The molecule has 4 rings (SSSR count). The van der Waals surface area contributed by atoms with Gasteiger partial charge in [-0.15, -0.1) is 0 Å². The van der Waals surface area contributed by atoms with E-state index in [0.29, 0.717) is 16.7 Å². The van der Waals surface area contributed by atoms with E-state index in [1.807, 2.05) is 17.0 Å². The average molecular weight is 385 g/mol. The van der Waals surface area contributed by atoms with Crippen LogP contribution >= 0.6 is 11.6 Å². The van der Waals surface area contributed by atoms with Crippen LogP contribution in [0.5, 0.6) is 5.75 Å². The summed E-state index contributed by atoms with van der Waals surface area (Å²) in [6, 6.07) is 14.0. The summed E-state index contributed by atoms with van der Waals surface area (Å²) in [6.45, 7) is 5.30. The first-order valence-electron chi connectivity index (χ1n) is 9.53. The van der Waals surface area contributed by atoms with Crippen molar-refractivity contribution >= 4 is 23.2 Å². The van der Waals surface area contributed by atoms with Gasteiger partial charge in [0, 0.05) is 11.6 Å². The summed E-state index contributed by atoms with van der Waals surface area (Å²) in [5.74, 6) is 1.27. The predicted octanol–water partition coefficient (Wildman–Crippen LogP) is 4.98. The number of nitrogens with zero attached hydrogens (tertiary/aromatic N) is 2. The summed E-state index contributed by atoms with van der Waals surface area (Å²) >= 11 is 6.26. The lowest BCUT2D eigenvalue weighted by Gasteiger charge is -2.31. The highest BCUT2D eigenvalue weighted by atomic mass is 35.5. The fraction of sp³-hybridized carbons (Fsp3) is 0.409. The van der Waals surface area contributed by atoms with Crippen molar-refractivity contribution in [2.45, 2.75) is 44.8 Å². The van der Waals surface area contributed by atoms with E-state index in [0.717, 1.165) is 30.6 Å². The van der Waals surface area contributed by atoms with Crippen LogP contribution in [0.1, 0.15) is 49.9 Å². The lowest BCUT2D eigenvalue weighted by molar-refractivity contribution is -0.119. The van der Waals surface area contributed by atoms with Crippen molar-refractivity contribution in [1.29, 1.82) is 0 Å². The minimum absolute atomic E-state index is 0.0662. The first kappa shape index (κ1) is 18.3. The Balaban J connectivity index is 1.81. The molecular formula is C22H25ClN2O2. The van der Waals surface area contributed by atoms with Crippen LogP contribution in [0, 0.1) is 0 Å². The molecule has 0 aliphatic carbocycles. The Morgan fingerprint density at radius 3 is 2.56 bits per heavy atom. The topological polar surface area (TPSA) is 32.8 Å². The highest BCUT2D eigenvalue weighted by Crippen LogP contribution is 2.45. The Bertz CT molecular complexity index is 850. The fourth-order valence-corrected chi connectivity index (χ4v) is 4.44. The SMILES string of the molecule is COc1ccc(Cl)cc1N1C(=O)[C@@H]2CCCN2[C@H]1c1ccc(C(C)C)cc1. The maximum absolute atomic E-state index is 13.3.